The van der Waals surface area contributed by atoms with E-state index in [1.54, 1.807) is 0 Å². The number of aliphatic imine (C=N–C) groups is 1. The Hall–Kier alpha value is -2.10. The summed E-state index contributed by atoms with van der Waals surface area (Å²) in [7, 11) is 0. The quantitative estimate of drug-likeness (QED) is 0.822. The molecule has 3 heterocycles. The molecular formula is C15H14N4. The smallest absolute Gasteiger partial charge is 0.131 e. The average Bonchev–Trinajstić information content (AvgIpc) is 3.32. The third kappa shape index (κ3) is 2.03. The van der Waals surface area contributed by atoms with Gasteiger partial charge in [-0.05, 0) is 30.9 Å². The second kappa shape index (κ2) is 4.23. The minimum absolute atomic E-state index is 0.599. The first-order valence-electron chi connectivity index (χ1n) is 6.71. The Balaban J connectivity index is 1.69. The van der Waals surface area contributed by atoms with E-state index in [0.717, 1.165) is 35.6 Å². The molecule has 0 bridgehead atoms. The molecule has 2 aliphatic rings. The van der Waals surface area contributed by atoms with E-state index in [1.807, 2.05) is 24.8 Å². The van der Waals surface area contributed by atoms with Crippen LogP contribution in [0.15, 0.2) is 29.6 Å². The second-order valence-corrected chi connectivity index (χ2v) is 5.16. The lowest BCUT2D eigenvalue weighted by Gasteiger charge is -2.10. The zero-order valence-corrected chi connectivity index (χ0v) is 10.6. The van der Waals surface area contributed by atoms with Gasteiger partial charge in [0.05, 0.1) is 5.69 Å². The van der Waals surface area contributed by atoms with E-state index in [9.17, 15) is 0 Å². The van der Waals surface area contributed by atoms with Crippen molar-refractivity contribution in [3.8, 4) is 11.3 Å². The summed E-state index contributed by atoms with van der Waals surface area (Å²) >= 11 is 0. The molecule has 0 saturated heterocycles. The van der Waals surface area contributed by atoms with Gasteiger partial charge in [0.25, 0.3) is 0 Å². The van der Waals surface area contributed by atoms with Gasteiger partial charge in [0.1, 0.15) is 5.82 Å². The Morgan fingerprint density at radius 1 is 1.00 bits per heavy atom. The summed E-state index contributed by atoms with van der Waals surface area (Å²) in [5.74, 6) is 1.58. The fraction of sp³-hybridized carbons (Fsp3) is 0.333. The van der Waals surface area contributed by atoms with E-state index in [1.165, 1.54) is 18.4 Å². The van der Waals surface area contributed by atoms with Gasteiger partial charge in [-0.15, -0.1) is 0 Å². The van der Waals surface area contributed by atoms with E-state index in [4.69, 9.17) is 0 Å². The van der Waals surface area contributed by atoms with Crippen molar-refractivity contribution >= 4 is 6.21 Å². The van der Waals surface area contributed by atoms with Crippen molar-refractivity contribution < 1.29 is 0 Å². The van der Waals surface area contributed by atoms with E-state index < -0.39 is 0 Å². The van der Waals surface area contributed by atoms with Crippen molar-refractivity contribution in [1.29, 1.82) is 0 Å². The molecule has 2 aromatic rings. The Bertz CT molecular complexity index is 642. The average molecular weight is 250 g/mol. The van der Waals surface area contributed by atoms with Crippen LogP contribution in [0.4, 0.5) is 0 Å². The zero-order chi connectivity index (χ0) is 12.7. The zero-order valence-electron chi connectivity index (χ0n) is 10.6. The van der Waals surface area contributed by atoms with Gasteiger partial charge in [0.2, 0.25) is 0 Å². The monoisotopic (exact) mass is 250 g/mol. The van der Waals surface area contributed by atoms with E-state index in [2.05, 4.69) is 26.0 Å². The molecule has 0 aromatic carbocycles. The van der Waals surface area contributed by atoms with Gasteiger partial charge in [-0.1, -0.05) is 0 Å². The third-order valence-corrected chi connectivity index (χ3v) is 3.68. The molecule has 0 atom stereocenters. The molecule has 1 aliphatic carbocycles. The van der Waals surface area contributed by atoms with Crippen LogP contribution in [0.1, 0.15) is 35.7 Å². The second-order valence-electron chi connectivity index (χ2n) is 5.16. The van der Waals surface area contributed by atoms with E-state index in [-0.39, 0.29) is 0 Å². The number of rotatable bonds is 2. The largest absolute Gasteiger partial charge is 0.292 e. The summed E-state index contributed by atoms with van der Waals surface area (Å²) in [5, 5.41) is 0. The Morgan fingerprint density at radius 2 is 1.84 bits per heavy atom. The number of hydrogen-bond acceptors (Lipinski definition) is 4. The number of nitrogens with zero attached hydrogens (tertiary/aromatic N) is 4. The van der Waals surface area contributed by atoms with Crippen LogP contribution in [0.25, 0.3) is 11.3 Å². The van der Waals surface area contributed by atoms with Gasteiger partial charge < -0.3 is 0 Å². The van der Waals surface area contributed by atoms with Crippen molar-refractivity contribution in [3.63, 3.8) is 0 Å². The number of aromatic nitrogens is 3. The van der Waals surface area contributed by atoms with Crippen LogP contribution in [0.3, 0.4) is 0 Å². The Morgan fingerprint density at radius 3 is 2.63 bits per heavy atom. The van der Waals surface area contributed by atoms with Gasteiger partial charge in [-0.25, -0.2) is 9.97 Å². The molecule has 0 unspecified atom stereocenters. The summed E-state index contributed by atoms with van der Waals surface area (Å²) in [6, 6.07) is 2.13. The number of pyridine rings is 1. The molecule has 0 amide bonds. The van der Waals surface area contributed by atoms with Crippen molar-refractivity contribution in [2.45, 2.75) is 25.2 Å². The molecule has 94 valence electrons. The molecule has 0 N–H and O–H groups in total. The summed E-state index contributed by atoms with van der Waals surface area (Å²) < 4.78 is 0. The molecule has 19 heavy (non-hydrogen) atoms. The van der Waals surface area contributed by atoms with Crippen molar-refractivity contribution in [3.05, 3.63) is 41.6 Å². The first-order valence-corrected chi connectivity index (χ1v) is 6.71. The van der Waals surface area contributed by atoms with Crippen LogP contribution in [0.2, 0.25) is 0 Å². The molecule has 4 rings (SSSR count). The molecule has 1 fully saturated rings. The molecular weight excluding hydrogens is 236 g/mol. The van der Waals surface area contributed by atoms with Crippen LogP contribution in [0.5, 0.6) is 0 Å². The van der Waals surface area contributed by atoms with Gasteiger partial charge >= 0.3 is 0 Å². The molecule has 4 nitrogen and oxygen atoms in total. The molecule has 1 aliphatic heterocycles. The molecule has 0 radical (unpaired) electrons. The van der Waals surface area contributed by atoms with Crippen molar-refractivity contribution in [1.82, 2.24) is 15.0 Å². The fourth-order valence-electron chi connectivity index (χ4n) is 2.37. The highest BCUT2D eigenvalue weighted by Gasteiger charge is 2.26. The topological polar surface area (TPSA) is 51.0 Å². The highest BCUT2D eigenvalue weighted by Crippen LogP contribution is 2.37. The predicted molar refractivity (Wildman–Crippen MR) is 73.4 cm³/mol. The van der Waals surface area contributed by atoms with Crippen LogP contribution >= 0.6 is 0 Å². The number of fused-ring (bicyclic) bond motifs is 1. The normalized spacial score (nSPS) is 17.3. The van der Waals surface area contributed by atoms with Crippen LogP contribution < -0.4 is 0 Å². The first kappa shape index (κ1) is 10.8. The van der Waals surface area contributed by atoms with Crippen LogP contribution in [-0.4, -0.2) is 27.7 Å². The van der Waals surface area contributed by atoms with Gasteiger partial charge in [0, 0.05) is 48.4 Å². The maximum absolute atomic E-state index is 4.48. The lowest BCUT2D eigenvalue weighted by atomic mass is 10.0. The number of hydrogen-bond donors (Lipinski definition) is 0. The minimum Gasteiger partial charge on any atom is -0.292 e. The molecule has 1 saturated carbocycles. The minimum atomic E-state index is 0.599. The third-order valence-electron chi connectivity index (χ3n) is 3.68. The molecule has 0 spiro atoms. The lowest BCUT2D eigenvalue weighted by molar-refractivity contribution is 0.925. The first-order chi connectivity index (χ1) is 9.40. The van der Waals surface area contributed by atoms with Gasteiger partial charge in [0.15, 0.2) is 0 Å². The predicted octanol–water partition coefficient (Wildman–Crippen LogP) is 2.39. The maximum Gasteiger partial charge on any atom is 0.131 e. The summed E-state index contributed by atoms with van der Waals surface area (Å²) in [6.07, 6.45) is 11.0. The SMILES string of the molecule is C1=NCCc2cc(-c3cnc(C4CC4)nc3)ncc21. The summed E-state index contributed by atoms with van der Waals surface area (Å²) in [4.78, 5) is 17.7. The Kier molecular flexibility index (Phi) is 2.40. The van der Waals surface area contributed by atoms with E-state index in [0.29, 0.717) is 5.92 Å². The maximum atomic E-state index is 4.48. The fourth-order valence-corrected chi connectivity index (χ4v) is 2.37. The van der Waals surface area contributed by atoms with Crippen LogP contribution in [-0.2, 0) is 6.42 Å². The standard InChI is InChI=1S/C15H14N4/c1-2-10(1)15-18-8-13(9-19-15)14-5-11-3-4-16-6-12(11)7-17-14/h5-10H,1-4H2. The van der Waals surface area contributed by atoms with Gasteiger partial charge in [-0.3, -0.25) is 9.98 Å². The Labute approximate surface area is 111 Å². The lowest BCUT2D eigenvalue weighted by Crippen LogP contribution is -2.04. The van der Waals surface area contributed by atoms with Gasteiger partial charge in [-0.2, -0.15) is 0 Å². The van der Waals surface area contributed by atoms with Crippen LogP contribution in [0, 0.1) is 0 Å². The molecule has 2 aromatic heterocycles. The summed E-state index contributed by atoms with van der Waals surface area (Å²) in [5.41, 5.74) is 4.39. The van der Waals surface area contributed by atoms with E-state index >= 15 is 0 Å². The highest BCUT2D eigenvalue weighted by molar-refractivity contribution is 5.83. The summed E-state index contributed by atoms with van der Waals surface area (Å²) in [6.45, 7) is 0.869. The molecule has 4 heteroatoms. The van der Waals surface area contributed by atoms with Crippen molar-refractivity contribution in [2.75, 3.05) is 6.54 Å². The highest BCUT2D eigenvalue weighted by atomic mass is 14.9. The van der Waals surface area contributed by atoms with Crippen molar-refractivity contribution in [2.24, 2.45) is 4.99 Å².